The topological polar surface area (TPSA) is 75.7 Å². The Hall–Kier alpha value is -3.32. The zero-order valence-electron chi connectivity index (χ0n) is 19.2. The number of anilines is 1. The third-order valence-electron chi connectivity index (χ3n) is 5.33. The Morgan fingerprint density at radius 2 is 1.58 bits per heavy atom. The molecule has 7 heteroatoms. The van der Waals surface area contributed by atoms with Gasteiger partial charge in [0.05, 0.1) is 18.0 Å². The number of aryl methyl sites for hydroxylation is 1. The third kappa shape index (κ3) is 7.08. The van der Waals surface area contributed by atoms with Gasteiger partial charge in [0.1, 0.15) is 18.9 Å². The van der Waals surface area contributed by atoms with Gasteiger partial charge in [0.25, 0.3) is 0 Å². The van der Waals surface area contributed by atoms with Crippen LogP contribution in [0.2, 0.25) is 0 Å². The second-order valence-corrected chi connectivity index (χ2v) is 9.83. The molecule has 3 aromatic carbocycles. The highest BCUT2D eigenvalue weighted by Gasteiger charge is 2.22. The van der Waals surface area contributed by atoms with Gasteiger partial charge < -0.3 is 10.1 Å². The lowest BCUT2D eigenvalue weighted by molar-refractivity contribution is -0.120. The number of rotatable bonds is 10. The van der Waals surface area contributed by atoms with Crippen LogP contribution in [0, 0.1) is 0 Å². The molecule has 1 unspecified atom stereocenters. The second-order valence-electron chi connectivity index (χ2n) is 7.92. The molecular weight excluding hydrogens is 436 g/mol. The van der Waals surface area contributed by atoms with Crippen molar-refractivity contribution in [2.75, 3.05) is 17.1 Å². The van der Waals surface area contributed by atoms with Crippen LogP contribution in [-0.2, 0) is 27.8 Å². The summed E-state index contributed by atoms with van der Waals surface area (Å²) in [6, 6.07) is 24.2. The molecule has 6 nitrogen and oxygen atoms in total. The Labute approximate surface area is 196 Å². The number of hydrogen-bond acceptors (Lipinski definition) is 4. The van der Waals surface area contributed by atoms with E-state index in [1.165, 1.54) is 5.56 Å². The molecule has 174 valence electrons. The first kappa shape index (κ1) is 24.3. The first-order valence-electron chi connectivity index (χ1n) is 10.9. The molecule has 0 saturated carbocycles. The lowest BCUT2D eigenvalue weighted by atomic mass is 10.1. The summed E-state index contributed by atoms with van der Waals surface area (Å²) in [5.74, 6) is 0.238. The molecule has 0 aliphatic heterocycles. The molecule has 33 heavy (non-hydrogen) atoms. The monoisotopic (exact) mass is 466 g/mol. The van der Waals surface area contributed by atoms with E-state index >= 15 is 0 Å². The molecule has 0 radical (unpaired) electrons. The van der Waals surface area contributed by atoms with Gasteiger partial charge in [0, 0.05) is 0 Å². The van der Waals surface area contributed by atoms with Crippen molar-refractivity contribution < 1.29 is 17.9 Å². The van der Waals surface area contributed by atoms with Gasteiger partial charge in [-0.05, 0) is 54.3 Å². The Bertz CT molecular complexity index is 1150. The molecule has 3 rings (SSSR count). The smallest absolute Gasteiger partial charge is 0.241 e. The van der Waals surface area contributed by atoms with Crippen LogP contribution >= 0.6 is 0 Å². The van der Waals surface area contributed by atoms with Crippen molar-refractivity contribution in [3.05, 3.63) is 95.6 Å². The van der Waals surface area contributed by atoms with Crippen molar-refractivity contribution in [1.82, 2.24) is 5.32 Å². The van der Waals surface area contributed by atoms with E-state index in [0.717, 1.165) is 28.1 Å². The van der Waals surface area contributed by atoms with Crippen LogP contribution in [0.15, 0.2) is 78.9 Å². The van der Waals surface area contributed by atoms with E-state index < -0.39 is 10.0 Å². The van der Waals surface area contributed by atoms with Gasteiger partial charge in [-0.25, -0.2) is 8.42 Å². The average molecular weight is 467 g/mol. The molecule has 0 aliphatic rings. The summed E-state index contributed by atoms with van der Waals surface area (Å²) in [6.07, 6.45) is 2.04. The quantitative estimate of drug-likeness (QED) is 0.478. The van der Waals surface area contributed by atoms with Crippen molar-refractivity contribution in [1.29, 1.82) is 0 Å². The van der Waals surface area contributed by atoms with Crippen LogP contribution in [0.1, 0.15) is 36.6 Å². The minimum Gasteiger partial charge on any atom is -0.489 e. The lowest BCUT2D eigenvalue weighted by Crippen LogP contribution is -2.41. The fourth-order valence-corrected chi connectivity index (χ4v) is 4.25. The minimum atomic E-state index is -3.66. The van der Waals surface area contributed by atoms with E-state index in [2.05, 4.69) is 12.2 Å². The summed E-state index contributed by atoms with van der Waals surface area (Å²) in [7, 11) is -3.66. The molecule has 0 heterocycles. The number of amides is 1. The number of ether oxygens (including phenoxy) is 1. The predicted molar refractivity (Wildman–Crippen MR) is 132 cm³/mol. The van der Waals surface area contributed by atoms with Gasteiger partial charge in [0.15, 0.2) is 0 Å². The molecule has 0 bridgehead atoms. The standard InChI is InChI=1S/C26H30N2O4S/c1-4-21-10-12-23(13-11-21)20(2)27-26(29)18-28(33(3,30)31)24-14-16-25(17-15-24)32-19-22-8-6-5-7-9-22/h5-17,20H,4,18-19H2,1-3H3,(H,27,29). The van der Waals surface area contributed by atoms with Gasteiger partial charge in [-0.3, -0.25) is 9.10 Å². The second kappa shape index (κ2) is 11.0. The first-order valence-corrected chi connectivity index (χ1v) is 12.7. The molecule has 1 atom stereocenters. The Morgan fingerprint density at radius 3 is 2.15 bits per heavy atom. The molecule has 0 fully saturated rings. The van der Waals surface area contributed by atoms with E-state index in [4.69, 9.17) is 4.74 Å². The summed E-state index contributed by atoms with van der Waals surface area (Å²) in [5, 5.41) is 2.89. The van der Waals surface area contributed by atoms with E-state index in [9.17, 15) is 13.2 Å². The fraction of sp³-hybridized carbons (Fsp3) is 0.269. The maximum absolute atomic E-state index is 12.7. The molecule has 0 aliphatic carbocycles. The SMILES string of the molecule is CCc1ccc(C(C)NC(=O)CN(c2ccc(OCc3ccccc3)cc2)S(C)(=O)=O)cc1. The van der Waals surface area contributed by atoms with Crippen LogP contribution < -0.4 is 14.4 Å². The van der Waals surface area contributed by atoms with Gasteiger partial charge >= 0.3 is 0 Å². The van der Waals surface area contributed by atoms with Crippen LogP contribution in [0.25, 0.3) is 0 Å². The van der Waals surface area contributed by atoms with Gasteiger partial charge in [-0.2, -0.15) is 0 Å². The van der Waals surface area contributed by atoms with Crippen molar-refractivity contribution in [2.24, 2.45) is 0 Å². The van der Waals surface area contributed by atoms with Crippen molar-refractivity contribution >= 4 is 21.6 Å². The number of nitrogens with zero attached hydrogens (tertiary/aromatic N) is 1. The van der Waals surface area contributed by atoms with Crippen LogP contribution in [0.3, 0.4) is 0 Å². The molecule has 0 saturated heterocycles. The Balaban J connectivity index is 1.64. The van der Waals surface area contributed by atoms with E-state index in [-0.39, 0.29) is 18.5 Å². The van der Waals surface area contributed by atoms with Crippen molar-refractivity contribution in [3.63, 3.8) is 0 Å². The number of carbonyl (C=O) groups excluding carboxylic acids is 1. The molecule has 1 N–H and O–H groups in total. The zero-order chi connectivity index (χ0) is 23.8. The first-order chi connectivity index (χ1) is 15.8. The molecule has 3 aromatic rings. The molecule has 1 amide bonds. The summed E-state index contributed by atoms with van der Waals surface area (Å²) in [4.78, 5) is 12.7. The number of benzene rings is 3. The summed E-state index contributed by atoms with van der Waals surface area (Å²) < 4.78 is 31.7. The summed E-state index contributed by atoms with van der Waals surface area (Å²) >= 11 is 0. The Kier molecular flexibility index (Phi) is 8.11. The number of sulfonamides is 1. The van der Waals surface area contributed by atoms with Crippen molar-refractivity contribution in [3.8, 4) is 5.75 Å². The highest BCUT2D eigenvalue weighted by molar-refractivity contribution is 7.92. The van der Waals surface area contributed by atoms with Crippen LogP contribution in [-0.4, -0.2) is 27.1 Å². The maximum Gasteiger partial charge on any atom is 0.241 e. The molecule has 0 aromatic heterocycles. The van der Waals surface area contributed by atoms with Gasteiger partial charge in [0.2, 0.25) is 15.9 Å². The summed E-state index contributed by atoms with van der Waals surface area (Å²) in [5.41, 5.74) is 3.62. The number of carbonyl (C=O) groups is 1. The largest absolute Gasteiger partial charge is 0.489 e. The highest BCUT2D eigenvalue weighted by atomic mass is 32.2. The molecular formula is C26H30N2O4S. The highest BCUT2D eigenvalue weighted by Crippen LogP contribution is 2.22. The number of nitrogens with one attached hydrogen (secondary N) is 1. The zero-order valence-corrected chi connectivity index (χ0v) is 20.0. The van der Waals surface area contributed by atoms with Gasteiger partial charge in [-0.15, -0.1) is 0 Å². The van der Waals surface area contributed by atoms with Crippen LogP contribution in [0.5, 0.6) is 5.75 Å². The minimum absolute atomic E-state index is 0.237. The lowest BCUT2D eigenvalue weighted by Gasteiger charge is -2.23. The number of hydrogen-bond donors (Lipinski definition) is 1. The average Bonchev–Trinajstić information content (AvgIpc) is 2.81. The predicted octanol–water partition coefficient (Wildman–Crippen LogP) is 4.47. The van der Waals surface area contributed by atoms with E-state index in [1.807, 2.05) is 61.5 Å². The normalized spacial score (nSPS) is 12.1. The van der Waals surface area contributed by atoms with Crippen molar-refractivity contribution in [2.45, 2.75) is 32.9 Å². The summed E-state index contributed by atoms with van der Waals surface area (Å²) in [6.45, 7) is 4.07. The van der Waals surface area contributed by atoms with E-state index in [1.54, 1.807) is 24.3 Å². The van der Waals surface area contributed by atoms with Gasteiger partial charge in [-0.1, -0.05) is 61.5 Å². The van der Waals surface area contributed by atoms with Crippen LogP contribution in [0.4, 0.5) is 5.69 Å². The van der Waals surface area contributed by atoms with E-state index in [0.29, 0.717) is 18.0 Å². The maximum atomic E-state index is 12.7. The Morgan fingerprint density at radius 1 is 0.939 bits per heavy atom. The fourth-order valence-electron chi connectivity index (χ4n) is 3.39. The third-order valence-corrected chi connectivity index (χ3v) is 6.47. The molecule has 0 spiro atoms.